The summed E-state index contributed by atoms with van der Waals surface area (Å²) >= 11 is 6.70. The Labute approximate surface area is 123 Å². The molecule has 0 aromatic carbocycles. The van der Waals surface area contributed by atoms with Crippen LogP contribution < -0.4 is 10.6 Å². The van der Waals surface area contributed by atoms with Crippen LogP contribution in [-0.4, -0.2) is 24.7 Å². The van der Waals surface area contributed by atoms with Gasteiger partial charge in [0.1, 0.15) is 5.00 Å². The van der Waals surface area contributed by atoms with Crippen LogP contribution in [0.25, 0.3) is 0 Å². The van der Waals surface area contributed by atoms with E-state index in [4.69, 9.17) is 17.0 Å². The quantitative estimate of drug-likeness (QED) is 0.646. The molecular formula is C13H20N2O2S2. The maximum absolute atomic E-state index is 11.6. The monoisotopic (exact) mass is 300 g/mol. The summed E-state index contributed by atoms with van der Waals surface area (Å²) in [6, 6.07) is 1.80. The molecule has 0 atom stereocenters. The standard InChI is InChI=1S/C13H20N2O2S2/c1-8(2)5-6-14-13(18)15-11-10(12(16)17-4)7-9(3)19-11/h7-8H,5-6H2,1-4H3,(H2,14,15,18). The van der Waals surface area contributed by atoms with Crippen LogP contribution in [0.5, 0.6) is 0 Å². The summed E-state index contributed by atoms with van der Waals surface area (Å²) in [6.07, 6.45) is 1.05. The Hall–Kier alpha value is -1.14. The maximum atomic E-state index is 11.6. The maximum Gasteiger partial charge on any atom is 0.340 e. The van der Waals surface area contributed by atoms with Gasteiger partial charge < -0.3 is 15.4 Å². The molecule has 0 fully saturated rings. The molecule has 4 nitrogen and oxygen atoms in total. The lowest BCUT2D eigenvalue weighted by Crippen LogP contribution is -2.30. The van der Waals surface area contributed by atoms with Crippen LogP contribution in [0, 0.1) is 12.8 Å². The predicted molar refractivity (Wildman–Crippen MR) is 84.1 cm³/mol. The fourth-order valence-electron chi connectivity index (χ4n) is 1.49. The smallest absolute Gasteiger partial charge is 0.340 e. The number of hydrogen-bond donors (Lipinski definition) is 2. The summed E-state index contributed by atoms with van der Waals surface area (Å²) in [5, 5.41) is 7.45. The fourth-order valence-corrected chi connectivity index (χ4v) is 2.66. The Bertz CT molecular complexity index is 455. The zero-order valence-electron chi connectivity index (χ0n) is 11.7. The summed E-state index contributed by atoms with van der Waals surface area (Å²) in [4.78, 5) is 12.6. The number of esters is 1. The average Bonchev–Trinajstić information content (AvgIpc) is 2.68. The van der Waals surface area contributed by atoms with Gasteiger partial charge in [0.15, 0.2) is 5.11 Å². The van der Waals surface area contributed by atoms with Gasteiger partial charge in [-0.05, 0) is 37.5 Å². The molecule has 6 heteroatoms. The number of anilines is 1. The molecule has 2 N–H and O–H groups in total. The van der Waals surface area contributed by atoms with Crippen LogP contribution in [0.4, 0.5) is 5.00 Å². The van der Waals surface area contributed by atoms with Crippen molar-refractivity contribution >= 4 is 39.6 Å². The molecule has 1 aromatic heterocycles. The SMILES string of the molecule is COC(=O)c1cc(C)sc1NC(=S)NCCC(C)C. The molecule has 0 unspecified atom stereocenters. The lowest BCUT2D eigenvalue weighted by Gasteiger charge is -2.11. The number of rotatable bonds is 5. The van der Waals surface area contributed by atoms with E-state index in [-0.39, 0.29) is 5.97 Å². The fraction of sp³-hybridized carbons (Fsp3) is 0.538. The Morgan fingerprint density at radius 1 is 1.53 bits per heavy atom. The van der Waals surface area contributed by atoms with Gasteiger partial charge in [0.25, 0.3) is 0 Å². The molecule has 0 aliphatic heterocycles. The molecule has 106 valence electrons. The van der Waals surface area contributed by atoms with E-state index in [9.17, 15) is 4.79 Å². The van der Waals surface area contributed by atoms with Crippen LogP contribution in [0.3, 0.4) is 0 Å². The minimum Gasteiger partial charge on any atom is -0.465 e. The highest BCUT2D eigenvalue weighted by Crippen LogP contribution is 2.28. The van der Waals surface area contributed by atoms with Crippen molar-refractivity contribution in [2.75, 3.05) is 19.0 Å². The lowest BCUT2D eigenvalue weighted by atomic mass is 10.1. The number of thiophene rings is 1. The number of thiocarbonyl (C=S) groups is 1. The number of carbonyl (C=O) groups is 1. The first kappa shape index (κ1) is 15.9. The average molecular weight is 300 g/mol. The van der Waals surface area contributed by atoms with Gasteiger partial charge in [-0.25, -0.2) is 4.79 Å². The first-order valence-corrected chi connectivity index (χ1v) is 7.40. The van der Waals surface area contributed by atoms with Crippen molar-refractivity contribution in [3.8, 4) is 0 Å². The third kappa shape index (κ3) is 5.16. The van der Waals surface area contributed by atoms with E-state index in [1.807, 2.05) is 6.92 Å². The Kier molecular flexibility index (Phi) is 6.24. The largest absolute Gasteiger partial charge is 0.465 e. The lowest BCUT2D eigenvalue weighted by molar-refractivity contribution is 0.0602. The molecule has 0 bridgehead atoms. The number of hydrogen-bond acceptors (Lipinski definition) is 4. The van der Waals surface area contributed by atoms with E-state index < -0.39 is 0 Å². The molecule has 0 aliphatic rings. The number of methoxy groups -OCH3 is 1. The minimum atomic E-state index is -0.350. The van der Waals surface area contributed by atoms with E-state index in [0.717, 1.165) is 22.8 Å². The Balaban J connectivity index is 2.61. The van der Waals surface area contributed by atoms with E-state index in [1.54, 1.807) is 6.07 Å². The van der Waals surface area contributed by atoms with Crippen LogP contribution >= 0.6 is 23.6 Å². The van der Waals surface area contributed by atoms with Crippen LogP contribution in [-0.2, 0) is 4.74 Å². The third-order valence-corrected chi connectivity index (χ3v) is 3.71. The third-order valence-electron chi connectivity index (χ3n) is 2.49. The normalized spacial score (nSPS) is 10.4. The Morgan fingerprint density at radius 3 is 2.79 bits per heavy atom. The van der Waals surface area contributed by atoms with Gasteiger partial charge in [-0.2, -0.15) is 0 Å². The topological polar surface area (TPSA) is 50.4 Å². The first-order valence-electron chi connectivity index (χ1n) is 6.17. The second-order valence-electron chi connectivity index (χ2n) is 4.65. The van der Waals surface area contributed by atoms with Gasteiger partial charge >= 0.3 is 5.97 Å². The van der Waals surface area contributed by atoms with Crippen molar-refractivity contribution in [3.63, 3.8) is 0 Å². The van der Waals surface area contributed by atoms with Crippen molar-refractivity contribution in [2.24, 2.45) is 5.92 Å². The van der Waals surface area contributed by atoms with Crippen molar-refractivity contribution < 1.29 is 9.53 Å². The molecule has 0 saturated carbocycles. The van der Waals surface area contributed by atoms with Gasteiger partial charge in [-0.3, -0.25) is 0 Å². The van der Waals surface area contributed by atoms with Gasteiger partial charge in [0, 0.05) is 11.4 Å². The molecule has 0 spiro atoms. The molecular weight excluding hydrogens is 280 g/mol. The number of nitrogens with one attached hydrogen (secondary N) is 2. The van der Waals surface area contributed by atoms with Crippen molar-refractivity contribution in [1.29, 1.82) is 0 Å². The van der Waals surface area contributed by atoms with E-state index in [0.29, 0.717) is 16.6 Å². The summed E-state index contributed by atoms with van der Waals surface area (Å²) in [5.74, 6) is 0.279. The Morgan fingerprint density at radius 2 is 2.21 bits per heavy atom. The second-order valence-corrected chi connectivity index (χ2v) is 6.32. The van der Waals surface area contributed by atoms with Crippen LogP contribution in [0.2, 0.25) is 0 Å². The number of ether oxygens (including phenoxy) is 1. The zero-order chi connectivity index (χ0) is 14.4. The van der Waals surface area contributed by atoms with Gasteiger partial charge in [-0.15, -0.1) is 11.3 Å². The molecule has 0 radical (unpaired) electrons. The molecule has 1 heterocycles. The second kappa shape index (κ2) is 7.45. The minimum absolute atomic E-state index is 0.350. The van der Waals surface area contributed by atoms with Crippen molar-refractivity contribution in [3.05, 3.63) is 16.5 Å². The molecule has 0 saturated heterocycles. The highest BCUT2D eigenvalue weighted by molar-refractivity contribution is 7.80. The number of carbonyl (C=O) groups excluding carboxylic acids is 1. The molecule has 19 heavy (non-hydrogen) atoms. The molecule has 0 amide bonds. The van der Waals surface area contributed by atoms with Crippen molar-refractivity contribution in [2.45, 2.75) is 27.2 Å². The molecule has 0 aliphatic carbocycles. The summed E-state index contributed by atoms with van der Waals surface area (Å²) in [5.41, 5.74) is 0.526. The summed E-state index contributed by atoms with van der Waals surface area (Å²) in [7, 11) is 1.37. The van der Waals surface area contributed by atoms with E-state index in [1.165, 1.54) is 18.4 Å². The van der Waals surface area contributed by atoms with Crippen molar-refractivity contribution in [1.82, 2.24) is 5.32 Å². The van der Waals surface area contributed by atoms with Crippen LogP contribution in [0.1, 0.15) is 35.5 Å². The molecule has 1 aromatic rings. The highest BCUT2D eigenvalue weighted by atomic mass is 32.1. The van der Waals surface area contributed by atoms with Gasteiger partial charge in [0.05, 0.1) is 12.7 Å². The number of aryl methyl sites for hydroxylation is 1. The first-order chi connectivity index (χ1) is 8.93. The summed E-state index contributed by atoms with van der Waals surface area (Å²) < 4.78 is 4.75. The summed E-state index contributed by atoms with van der Waals surface area (Å²) in [6.45, 7) is 7.09. The predicted octanol–water partition coefficient (Wildman–Crippen LogP) is 3.18. The van der Waals surface area contributed by atoms with E-state index >= 15 is 0 Å². The van der Waals surface area contributed by atoms with Gasteiger partial charge in [-0.1, -0.05) is 13.8 Å². The molecule has 1 rings (SSSR count). The zero-order valence-corrected chi connectivity index (χ0v) is 13.3. The van der Waals surface area contributed by atoms with E-state index in [2.05, 4.69) is 24.5 Å². The van der Waals surface area contributed by atoms with Gasteiger partial charge in [0.2, 0.25) is 0 Å². The van der Waals surface area contributed by atoms with Crippen LogP contribution in [0.15, 0.2) is 6.07 Å². The highest BCUT2D eigenvalue weighted by Gasteiger charge is 2.16.